The summed E-state index contributed by atoms with van der Waals surface area (Å²) in [6.07, 6.45) is 8.36. The molecule has 2 aromatic heterocycles. The highest BCUT2D eigenvalue weighted by Crippen LogP contribution is 2.54. The quantitative estimate of drug-likeness (QED) is 0.0705. The van der Waals surface area contributed by atoms with Gasteiger partial charge in [-0.25, -0.2) is 19.1 Å². The lowest BCUT2D eigenvalue weighted by Gasteiger charge is -2.35. The van der Waals surface area contributed by atoms with Crippen LogP contribution in [-0.4, -0.2) is 10.5 Å². The summed E-state index contributed by atoms with van der Waals surface area (Å²) in [5.41, 5.74) is 11.9. The van der Waals surface area contributed by atoms with Gasteiger partial charge in [-0.3, -0.25) is 10.5 Å². The minimum absolute atomic E-state index is 0.263. The van der Waals surface area contributed by atoms with Crippen molar-refractivity contribution >= 4 is 27.0 Å². The molecule has 0 atom stereocenters. The molecule has 0 unspecified atom stereocenters. The van der Waals surface area contributed by atoms with Gasteiger partial charge >= 0.3 is 15.6 Å². The van der Waals surface area contributed by atoms with Crippen LogP contribution in [0.1, 0.15) is 178 Å². The second kappa shape index (κ2) is 32.9. The van der Waals surface area contributed by atoms with Crippen LogP contribution in [0.2, 0.25) is 0 Å². The number of rotatable bonds is 2. The average Bonchev–Trinajstić information content (AvgIpc) is 2.78. The van der Waals surface area contributed by atoms with Gasteiger partial charge in [0.05, 0.1) is 35.7 Å². The van der Waals surface area contributed by atoms with Crippen LogP contribution >= 0.6 is 15.6 Å². The van der Waals surface area contributed by atoms with Gasteiger partial charge in [0.2, 0.25) is 0 Å². The maximum absolute atomic E-state index is 12.9. The summed E-state index contributed by atoms with van der Waals surface area (Å²) in [4.78, 5) is 31.6. The van der Waals surface area contributed by atoms with E-state index in [-0.39, 0.29) is 21.7 Å². The molecule has 2 aliphatic heterocycles. The zero-order chi connectivity index (χ0) is 64.6. The number of hydrogen-bond donors (Lipinski definition) is 2. The minimum Gasteiger partial charge on any atom is -0.736 e. The normalized spacial score (nSPS) is 13.0. The Kier molecular flexibility index (Phi) is 29.1. The third-order valence-electron chi connectivity index (χ3n) is 11.7. The van der Waals surface area contributed by atoms with Crippen molar-refractivity contribution in [2.75, 3.05) is 0 Å². The number of benzene rings is 4. The number of nitriles is 4. The van der Waals surface area contributed by atoms with Gasteiger partial charge < -0.3 is 27.9 Å². The smallest absolute Gasteiger partial charge is 0.372 e. The zero-order valence-electron chi connectivity index (χ0n) is 52.4. The van der Waals surface area contributed by atoms with E-state index in [0.29, 0.717) is 35.8 Å². The number of aromatic nitrogens is 2. The number of aryl methyl sites for hydroxylation is 4. The summed E-state index contributed by atoms with van der Waals surface area (Å²) < 4.78 is 48.0. The molecule has 0 fully saturated rings. The summed E-state index contributed by atoms with van der Waals surface area (Å²) in [6.45, 7) is 38.5. The first-order valence-electron chi connectivity index (χ1n) is 26.7. The van der Waals surface area contributed by atoms with Gasteiger partial charge in [0.25, 0.3) is 0 Å². The van der Waals surface area contributed by atoms with E-state index in [2.05, 4.69) is 103 Å². The number of nitrogens with zero attached hydrogens (tertiary/aromatic N) is 6. The predicted molar refractivity (Wildman–Crippen MR) is 323 cm³/mol. The third kappa shape index (κ3) is 23.8. The topological polar surface area (TPSA) is 306 Å². The Balaban J connectivity index is 0.000000587. The van der Waals surface area contributed by atoms with Gasteiger partial charge in [-0.2, -0.15) is 31.3 Å². The van der Waals surface area contributed by atoms with E-state index in [1.807, 2.05) is 125 Å². The summed E-state index contributed by atoms with van der Waals surface area (Å²) >= 11 is 0. The molecule has 20 heteroatoms. The van der Waals surface area contributed by atoms with E-state index >= 15 is 0 Å². The van der Waals surface area contributed by atoms with Gasteiger partial charge in [-0.05, 0) is 71.6 Å². The first-order chi connectivity index (χ1) is 38.9. The number of phosphoric acid groups is 2. The second-order valence-corrected chi connectivity index (χ2v) is 25.9. The molecule has 0 radical (unpaired) electrons. The van der Waals surface area contributed by atoms with E-state index in [1.54, 1.807) is 24.3 Å². The fraction of sp³-hybridized carbons (Fsp3) is 0.406. The van der Waals surface area contributed by atoms with E-state index in [9.17, 15) is 18.9 Å². The number of azo groups is 1. The standard InChI is InChI=1S/2C23H31O4P.C10H8N4.4C2H3N.H2O2/c2*1-14-9-16-13-17-10-15(2)12-19(23(6,7)8)21(17)27-28(24,25)26-20(16)18(11-14)22(3,4)5;1-5-11-6-2-9(1)13-14-10-3-7-12-8-4-10;4*1-2-3;1-2/h2*9-12H,13H2,1-8H3,(H,24,25);1-8H;4*1H3;1-2H. The molecule has 0 saturated heterocycles. The molecule has 0 spiro atoms. The molecular formula is C64H84N8O10P2. The fourth-order valence-electron chi connectivity index (χ4n) is 8.48. The molecule has 6 aromatic rings. The van der Waals surface area contributed by atoms with Crippen LogP contribution in [-0.2, 0) is 43.6 Å². The maximum atomic E-state index is 12.9. The van der Waals surface area contributed by atoms with Crippen molar-refractivity contribution in [3.05, 3.63) is 164 Å². The first-order valence-corrected chi connectivity index (χ1v) is 29.6. The summed E-state index contributed by atoms with van der Waals surface area (Å²) in [6, 6.07) is 30.5. The highest BCUT2D eigenvalue weighted by molar-refractivity contribution is 7.47. The largest absolute Gasteiger partial charge is 0.736 e. The van der Waals surface area contributed by atoms with Gasteiger partial charge in [0, 0.05) is 87.1 Å². The average molecular weight is 1190 g/mol. The summed E-state index contributed by atoms with van der Waals surface area (Å²) in [7, 11) is -9.19. The molecule has 4 aromatic carbocycles. The van der Waals surface area contributed by atoms with E-state index in [1.165, 1.54) is 27.7 Å². The van der Waals surface area contributed by atoms with Crippen molar-refractivity contribution in [3.63, 3.8) is 0 Å². The van der Waals surface area contributed by atoms with Crippen molar-refractivity contribution in [2.45, 2.75) is 173 Å². The third-order valence-corrected chi connectivity index (χ3v) is 13.4. The number of nitrogens with one attached hydrogen (secondary N) is 2. The molecule has 4 N–H and O–H groups in total. The van der Waals surface area contributed by atoms with Gasteiger partial charge in [-0.1, -0.05) is 154 Å². The Hall–Kier alpha value is -7.76. The SMILES string of the molecule is CC#N.CC#N.CC#N.CC#N.Cc1cc2c(c(C(C)(C)C)c1)OP(=O)([O-])Oc1c(cc(C)cc1C(C)(C)C)C2.Cc1cc2c(c(C(C)(C)C)c1)OP(=O)([O-])Oc1c(cc(C)cc1C(C)(C)C)C2.OO.c1cc(N=Nc2cc[nH+]cc2)cc[nH+]1. The lowest BCUT2D eigenvalue weighted by Crippen LogP contribution is -2.23. The molecule has 2 aliphatic rings. The van der Waals surface area contributed by atoms with Crippen LogP contribution in [0.15, 0.2) is 108 Å². The summed E-state index contributed by atoms with van der Waals surface area (Å²) in [5, 5.41) is 49.4. The van der Waals surface area contributed by atoms with Crippen LogP contribution in [0.25, 0.3) is 0 Å². The molecular weight excluding hydrogens is 1100 g/mol. The fourth-order valence-corrected chi connectivity index (χ4v) is 10.3. The Labute approximate surface area is 498 Å². The number of H-pyrrole nitrogens is 2. The van der Waals surface area contributed by atoms with Gasteiger partial charge in [-0.15, -0.1) is 0 Å². The van der Waals surface area contributed by atoms with Crippen molar-refractivity contribution in [1.82, 2.24) is 0 Å². The molecule has 450 valence electrons. The highest BCUT2D eigenvalue weighted by atomic mass is 31.2. The molecule has 18 nitrogen and oxygen atoms in total. The Bertz CT molecular complexity index is 3030. The second-order valence-electron chi connectivity index (χ2n) is 23.4. The highest BCUT2D eigenvalue weighted by Gasteiger charge is 2.34. The Morgan fingerprint density at radius 2 is 0.607 bits per heavy atom. The lowest BCUT2D eigenvalue weighted by molar-refractivity contribution is -0.378. The molecule has 84 heavy (non-hydrogen) atoms. The van der Waals surface area contributed by atoms with Gasteiger partial charge in [0.15, 0.2) is 24.8 Å². The van der Waals surface area contributed by atoms with Crippen molar-refractivity contribution in [1.29, 1.82) is 21.0 Å². The predicted octanol–water partition coefficient (Wildman–Crippen LogP) is 15.3. The molecule has 0 amide bonds. The van der Waals surface area contributed by atoms with Crippen LogP contribution in [0.4, 0.5) is 11.4 Å². The Morgan fingerprint density at radius 3 is 0.774 bits per heavy atom. The van der Waals surface area contributed by atoms with Crippen LogP contribution < -0.4 is 37.8 Å². The van der Waals surface area contributed by atoms with E-state index in [4.69, 9.17) is 49.7 Å². The minimum atomic E-state index is -4.60. The molecule has 0 bridgehead atoms. The van der Waals surface area contributed by atoms with E-state index in [0.717, 1.165) is 78.1 Å². The number of fused-ring (bicyclic) bond motifs is 4. The zero-order valence-corrected chi connectivity index (χ0v) is 54.2. The van der Waals surface area contributed by atoms with Crippen LogP contribution in [0, 0.1) is 73.0 Å². The van der Waals surface area contributed by atoms with E-state index < -0.39 is 15.6 Å². The monoisotopic (exact) mass is 1190 g/mol. The van der Waals surface area contributed by atoms with Crippen molar-refractivity contribution in [2.24, 2.45) is 10.2 Å². The number of hydrogen-bond acceptors (Lipinski definition) is 16. The number of pyridine rings is 2. The van der Waals surface area contributed by atoms with Crippen molar-refractivity contribution < 1.29 is 57.5 Å². The number of aromatic amines is 2. The first kappa shape index (κ1) is 74.3. The van der Waals surface area contributed by atoms with Gasteiger partial charge in [0.1, 0.15) is 23.0 Å². The lowest BCUT2D eigenvalue weighted by atomic mass is 9.81. The maximum Gasteiger partial charge on any atom is 0.372 e. The molecule has 0 aliphatic carbocycles. The summed E-state index contributed by atoms with van der Waals surface area (Å²) in [5.74, 6) is 1.61. The molecule has 8 rings (SSSR count). The Morgan fingerprint density at radius 1 is 0.429 bits per heavy atom. The van der Waals surface area contributed by atoms with Crippen molar-refractivity contribution in [3.8, 4) is 47.3 Å². The molecule has 0 saturated carbocycles. The van der Waals surface area contributed by atoms with Crippen LogP contribution in [0.3, 0.4) is 0 Å². The molecule has 4 heterocycles. The van der Waals surface area contributed by atoms with Crippen LogP contribution in [0.5, 0.6) is 23.0 Å². The number of phosphoric ester groups is 2.